The molecule has 1 aliphatic heterocycles. The molecule has 0 radical (unpaired) electrons. The summed E-state index contributed by atoms with van der Waals surface area (Å²) in [5, 5.41) is 1.18. The first-order chi connectivity index (χ1) is 9.24. The number of piperazine rings is 1. The average molecular weight is 273 g/mol. The summed E-state index contributed by atoms with van der Waals surface area (Å²) in [5.41, 5.74) is 2.50. The van der Waals surface area contributed by atoms with Crippen LogP contribution in [0.5, 0.6) is 0 Å². The van der Waals surface area contributed by atoms with E-state index >= 15 is 0 Å². The van der Waals surface area contributed by atoms with Crippen LogP contribution in [0, 0.1) is 13.8 Å². The quantitative estimate of drug-likeness (QED) is 0.838. The van der Waals surface area contributed by atoms with Crippen LogP contribution in [0.4, 0.5) is 10.8 Å². The molecule has 0 aliphatic carbocycles. The zero-order valence-corrected chi connectivity index (χ0v) is 12.3. The highest BCUT2D eigenvalue weighted by atomic mass is 32.1. The SMILES string of the molecule is Cc1nc(N2CCN(c3ccccc3)CC2)sc1C. The molecule has 1 aliphatic rings. The van der Waals surface area contributed by atoms with Gasteiger partial charge in [-0.25, -0.2) is 4.98 Å². The second kappa shape index (κ2) is 5.21. The van der Waals surface area contributed by atoms with E-state index in [0.717, 1.165) is 26.2 Å². The number of para-hydroxylation sites is 1. The molecule has 1 aromatic carbocycles. The van der Waals surface area contributed by atoms with Crippen molar-refractivity contribution in [3.05, 3.63) is 40.9 Å². The summed E-state index contributed by atoms with van der Waals surface area (Å²) < 4.78 is 0. The van der Waals surface area contributed by atoms with Gasteiger partial charge in [0.15, 0.2) is 5.13 Å². The van der Waals surface area contributed by atoms with Gasteiger partial charge in [0.2, 0.25) is 0 Å². The van der Waals surface area contributed by atoms with Crippen molar-refractivity contribution in [3.63, 3.8) is 0 Å². The Kier molecular flexibility index (Phi) is 3.42. The van der Waals surface area contributed by atoms with Gasteiger partial charge < -0.3 is 9.80 Å². The summed E-state index contributed by atoms with van der Waals surface area (Å²) in [4.78, 5) is 10.8. The zero-order chi connectivity index (χ0) is 13.2. The van der Waals surface area contributed by atoms with E-state index in [1.54, 1.807) is 0 Å². The second-order valence-electron chi connectivity index (χ2n) is 4.95. The molecule has 1 aromatic heterocycles. The van der Waals surface area contributed by atoms with Gasteiger partial charge in [-0.15, -0.1) is 11.3 Å². The topological polar surface area (TPSA) is 19.4 Å². The molecule has 3 nitrogen and oxygen atoms in total. The maximum Gasteiger partial charge on any atom is 0.185 e. The summed E-state index contributed by atoms with van der Waals surface area (Å²) in [6.07, 6.45) is 0. The Morgan fingerprint density at radius 1 is 0.947 bits per heavy atom. The normalized spacial score (nSPS) is 15.9. The zero-order valence-electron chi connectivity index (χ0n) is 11.5. The smallest absolute Gasteiger partial charge is 0.185 e. The van der Waals surface area contributed by atoms with E-state index in [2.05, 4.69) is 59.0 Å². The molecule has 0 unspecified atom stereocenters. The second-order valence-corrected chi connectivity index (χ2v) is 6.13. The lowest BCUT2D eigenvalue weighted by Crippen LogP contribution is -2.46. The van der Waals surface area contributed by atoms with Gasteiger partial charge in [0, 0.05) is 36.7 Å². The lowest BCUT2D eigenvalue weighted by molar-refractivity contribution is 0.651. The molecule has 1 fully saturated rings. The highest BCUT2D eigenvalue weighted by Gasteiger charge is 2.19. The van der Waals surface area contributed by atoms with Crippen molar-refractivity contribution >= 4 is 22.2 Å². The predicted molar refractivity (Wildman–Crippen MR) is 82.5 cm³/mol. The Morgan fingerprint density at radius 3 is 2.16 bits per heavy atom. The summed E-state index contributed by atoms with van der Waals surface area (Å²) in [7, 11) is 0. The number of thiazole rings is 1. The average Bonchev–Trinajstić information content (AvgIpc) is 2.80. The summed E-state index contributed by atoms with van der Waals surface area (Å²) in [6, 6.07) is 10.7. The lowest BCUT2D eigenvalue weighted by atomic mass is 10.2. The van der Waals surface area contributed by atoms with E-state index < -0.39 is 0 Å². The van der Waals surface area contributed by atoms with Crippen LogP contribution < -0.4 is 9.80 Å². The maximum absolute atomic E-state index is 4.66. The van der Waals surface area contributed by atoms with Crippen LogP contribution in [-0.4, -0.2) is 31.2 Å². The van der Waals surface area contributed by atoms with E-state index in [1.807, 2.05) is 11.3 Å². The van der Waals surface area contributed by atoms with Gasteiger partial charge in [-0.2, -0.15) is 0 Å². The van der Waals surface area contributed by atoms with Crippen molar-refractivity contribution in [1.82, 2.24) is 4.98 Å². The number of hydrogen-bond donors (Lipinski definition) is 0. The molecular weight excluding hydrogens is 254 g/mol. The van der Waals surface area contributed by atoms with Crippen molar-refractivity contribution in [1.29, 1.82) is 0 Å². The van der Waals surface area contributed by atoms with Crippen LogP contribution in [-0.2, 0) is 0 Å². The van der Waals surface area contributed by atoms with E-state index in [-0.39, 0.29) is 0 Å². The molecule has 2 heterocycles. The third-order valence-corrected chi connectivity index (χ3v) is 4.82. The first-order valence-corrected chi connectivity index (χ1v) is 7.54. The monoisotopic (exact) mass is 273 g/mol. The molecule has 0 bridgehead atoms. The number of benzene rings is 1. The fourth-order valence-electron chi connectivity index (χ4n) is 2.39. The van der Waals surface area contributed by atoms with Gasteiger partial charge in [-0.1, -0.05) is 18.2 Å². The fraction of sp³-hybridized carbons (Fsp3) is 0.400. The van der Waals surface area contributed by atoms with E-state index in [1.165, 1.54) is 21.4 Å². The number of rotatable bonds is 2. The van der Waals surface area contributed by atoms with Crippen LogP contribution in [0.2, 0.25) is 0 Å². The summed E-state index contributed by atoms with van der Waals surface area (Å²) >= 11 is 1.81. The Hall–Kier alpha value is -1.55. The van der Waals surface area contributed by atoms with Crippen LogP contribution >= 0.6 is 11.3 Å². The maximum atomic E-state index is 4.66. The Morgan fingerprint density at radius 2 is 1.58 bits per heavy atom. The Bertz CT molecular complexity index is 522. The number of nitrogens with zero attached hydrogens (tertiary/aromatic N) is 3. The highest BCUT2D eigenvalue weighted by molar-refractivity contribution is 7.15. The minimum Gasteiger partial charge on any atom is -0.368 e. The van der Waals surface area contributed by atoms with Crippen molar-refractivity contribution in [2.75, 3.05) is 36.0 Å². The Balaban J connectivity index is 1.66. The van der Waals surface area contributed by atoms with E-state index in [0.29, 0.717) is 0 Å². The van der Waals surface area contributed by atoms with Crippen LogP contribution in [0.3, 0.4) is 0 Å². The fourth-order valence-corrected chi connectivity index (χ4v) is 3.35. The molecule has 4 heteroatoms. The molecule has 0 amide bonds. The first kappa shape index (κ1) is 12.5. The van der Waals surface area contributed by atoms with E-state index in [4.69, 9.17) is 0 Å². The Labute approximate surface area is 118 Å². The van der Waals surface area contributed by atoms with Crippen molar-refractivity contribution in [2.45, 2.75) is 13.8 Å². The summed E-state index contributed by atoms with van der Waals surface area (Å²) in [5.74, 6) is 0. The third-order valence-electron chi connectivity index (χ3n) is 3.69. The van der Waals surface area contributed by atoms with Gasteiger partial charge >= 0.3 is 0 Å². The van der Waals surface area contributed by atoms with Crippen LogP contribution in [0.15, 0.2) is 30.3 Å². The first-order valence-electron chi connectivity index (χ1n) is 6.73. The summed E-state index contributed by atoms with van der Waals surface area (Å²) in [6.45, 7) is 8.50. The molecule has 0 atom stereocenters. The molecule has 0 saturated carbocycles. The molecule has 2 aromatic rings. The highest BCUT2D eigenvalue weighted by Crippen LogP contribution is 2.26. The molecule has 19 heavy (non-hydrogen) atoms. The van der Waals surface area contributed by atoms with Gasteiger partial charge in [-0.3, -0.25) is 0 Å². The lowest BCUT2D eigenvalue weighted by Gasteiger charge is -2.36. The molecule has 0 spiro atoms. The molecule has 0 N–H and O–H groups in total. The number of aromatic nitrogens is 1. The van der Waals surface area contributed by atoms with Gasteiger partial charge in [-0.05, 0) is 26.0 Å². The predicted octanol–water partition coefficient (Wildman–Crippen LogP) is 3.09. The number of anilines is 2. The molecule has 3 rings (SSSR count). The third kappa shape index (κ3) is 2.59. The number of aryl methyl sites for hydroxylation is 2. The minimum atomic E-state index is 1.06. The van der Waals surface area contributed by atoms with Crippen LogP contribution in [0.25, 0.3) is 0 Å². The molecular formula is C15H19N3S. The molecule has 1 saturated heterocycles. The van der Waals surface area contributed by atoms with Gasteiger partial charge in [0.1, 0.15) is 0 Å². The number of hydrogen-bond acceptors (Lipinski definition) is 4. The molecule has 100 valence electrons. The minimum absolute atomic E-state index is 1.06. The van der Waals surface area contributed by atoms with Gasteiger partial charge in [0.25, 0.3) is 0 Å². The van der Waals surface area contributed by atoms with Crippen molar-refractivity contribution < 1.29 is 0 Å². The standard InChI is InChI=1S/C15H19N3S/c1-12-13(2)19-15(16-12)18-10-8-17(9-11-18)14-6-4-3-5-7-14/h3-7H,8-11H2,1-2H3. The largest absolute Gasteiger partial charge is 0.368 e. The van der Waals surface area contributed by atoms with Gasteiger partial charge in [0.05, 0.1) is 5.69 Å². The van der Waals surface area contributed by atoms with Crippen LogP contribution in [0.1, 0.15) is 10.6 Å². The van der Waals surface area contributed by atoms with E-state index in [9.17, 15) is 0 Å². The van der Waals surface area contributed by atoms with Crippen molar-refractivity contribution in [3.8, 4) is 0 Å². The van der Waals surface area contributed by atoms with Crippen molar-refractivity contribution in [2.24, 2.45) is 0 Å².